The second-order valence-corrected chi connectivity index (χ2v) is 9.87. The summed E-state index contributed by atoms with van der Waals surface area (Å²) in [6, 6.07) is 19.5. The fraction of sp³-hybridized carbons (Fsp3) is 0.130. The lowest BCUT2D eigenvalue weighted by atomic mass is 10.2. The van der Waals surface area contributed by atoms with Crippen LogP contribution in [0, 0.1) is 0 Å². The van der Waals surface area contributed by atoms with Crippen molar-refractivity contribution in [3.05, 3.63) is 101 Å². The van der Waals surface area contributed by atoms with E-state index >= 15 is 0 Å². The quantitative estimate of drug-likeness (QED) is 0.395. The van der Waals surface area contributed by atoms with E-state index in [0.717, 1.165) is 16.1 Å². The fourth-order valence-corrected chi connectivity index (χ4v) is 4.89. The fourth-order valence-electron chi connectivity index (χ4n) is 3.10. The number of sulfonamides is 1. The normalized spacial score (nSPS) is 11.4. The van der Waals surface area contributed by atoms with Crippen molar-refractivity contribution in [3.8, 4) is 5.69 Å². The number of aromatic nitrogens is 2. The minimum atomic E-state index is -3.71. The standard InChI is InChI=1S/C23H22N4O3S2/c28-23(24-12-11-18-15-25-27(17-18)20-7-2-1-3-8-20)19-6-4-10-22(14-19)32(29,30)26-16-21-9-5-13-31-21/h1-10,13-15,17,26H,11-12,16H2,(H,24,28). The lowest BCUT2D eigenvalue weighted by Gasteiger charge is -2.08. The predicted octanol–water partition coefficient (Wildman–Crippen LogP) is 3.38. The number of rotatable bonds is 9. The molecule has 2 heterocycles. The van der Waals surface area contributed by atoms with Crippen LogP contribution in [0.3, 0.4) is 0 Å². The van der Waals surface area contributed by atoms with Gasteiger partial charge < -0.3 is 5.32 Å². The molecule has 1 amide bonds. The molecule has 0 radical (unpaired) electrons. The number of carbonyl (C=O) groups is 1. The Morgan fingerprint density at radius 1 is 1.03 bits per heavy atom. The Morgan fingerprint density at radius 2 is 1.88 bits per heavy atom. The molecule has 0 atom stereocenters. The van der Waals surface area contributed by atoms with E-state index in [1.54, 1.807) is 23.0 Å². The molecule has 0 aliphatic heterocycles. The molecule has 9 heteroatoms. The second-order valence-electron chi connectivity index (χ2n) is 7.07. The minimum absolute atomic E-state index is 0.0610. The number of nitrogens with one attached hydrogen (secondary N) is 2. The van der Waals surface area contributed by atoms with E-state index < -0.39 is 10.0 Å². The summed E-state index contributed by atoms with van der Waals surface area (Å²) in [6.07, 6.45) is 4.30. The van der Waals surface area contributed by atoms with Gasteiger partial charge in [-0.25, -0.2) is 17.8 Å². The van der Waals surface area contributed by atoms with Crippen molar-refractivity contribution >= 4 is 27.3 Å². The van der Waals surface area contributed by atoms with Gasteiger partial charge in [0, 0.05) is 29.7 Å². The zero-order valence-corrected chi connectivity index (χ0v) is 18.8. The van der Waals surface area contributed by atoms with Gasteiger partial charge in [0.05, 0.1) is 16.8 Å². The van der Waals surface area contributed by atoms with E-state index in [0.29, 0.717) is 18.5 Å². The van der Waals surface area contributed by atoms with Crippen LogP contribution in [0.5, 0.6) is 0 Å². The molecule has 2 aromatic heterocycles. The van der Waals surface area contributed by atoms with Gasteiger partial charge in [0.25, 0.3) is 5.91 Å². The summed E-state index contributed by atoms with van der Waals surface area (Å²) < 4.78 is 29.5. The SMILES string of the molecule is O=C(NCCc1cnn(-c2ccccc2)c1)c1cccc(S(=O)(=O)NCc2cccs2)c1. The van der Waals surface area contributed by atoms with E-state index in [9.17, 15) is 13.2 Å². The van der Waals surface area contributed by atoms with Crippen LogP contribution in [0.15, 0.2) is 89.4 Å². The molecule has 0 fully saturated rings. The highest BCUT2D eigenvalue weighted by atomic mass is 32.2. The molecule has 32 heavy (non-hydrogen) atoms. The maximum absolute atomic E-state index is 12.6. The Labute approximate surface area is 190 Å². The zero-order chi connectivity index (χ0) is 22.4. The Morgan fingerprint density at radius 3 is 2.66 bits per heavy atom. The molecule has 7 nitrogen and oxygen atoms in total. The van der Waals surface area contributed by atoms with Crippen molar-refractivity contribution in [3.63, 3.8) is 0 Å². The predicted molar refractivity (Wildman–Crippen MR) is 124 cm³/mol. The maximum Gasteiger partial charge on any atom is 0.251 e. The molecule has 0 aliphatic rings. The van der Waals surface area contributed by atoms with Crippen LogP contribution in [0.25, 0.3) is 5.69 Å². The van der Waals surface area contributed by atoms with Crippen LogP contribution in [-0.2, 0) is 23.0 Å². The van der Waals surface area contributed by atoms with Gasteiger partial charge in [-0.05, 0) is 53.8 Å². The monoisotopic (exact) mass is 466 g/mol. The first-order valence-electron chi connectivity index (χ1n) is 10.0. The molecule has 2 aromatic carbocycles. The van der Waals surface area contributed by atoms with Gasteiger partial charge in [-0.15, -0.1) is 11.3 Å². The third-order valence-corrected chi connectivity index (χ3v) is 7.05. The average molecular weight is 467 g/mol. The summed E-state index contributed by atoms with van der Waals surface area (Å²) in [7, 11) is -3.71. The molecule has 0 spiro atoms. The van der Waals surface area contributed by atoms with Crippen molar-refractivity contribution in [2.24, 2.45) is 0 Å². The molecule has 164 valence electrons. The van der Waals surface area contributed by atoms with Crippen LogP contribution in [0.4, 0.5) is 0 Å². The zero-order valence-electron chi connectivity index (χ0n) is 17.1. The van der Waals surface area contributed by atoms with Crippen molar-refractivity contribution in [1.29, 1.82) is 0 Å². The molecule has 4 rings (SSSR count). The lowest BCUT2D eigenvalue weighted by molar-refractivity contribution is 0.0954. The Kier molecular flexibility index (Phi) is 6.79. The van der Waals surface area contributed by atoms with Crippen LogP contribution in [-0.4, -0.2) is 30.7 Å². The number of thiophene rings is 1. The number of carbonyl (C=O) groups excluding carboxylic acids is 1. The highest BCUT2D eigenvalue weighted by molar-refractivity contribution is 7.89. The van der Waals surface area contributed by atoms with Gasteiger partial charge in [0.15, 0.2) is 0 Å². The molecule has 0 aliphatic carbocycles. The van der Waals surface area contributed by atoms with Crippen molar-refractivity contribution in [2.45, 2.75) is 17.9 Å². The molecule has 0 bridgehead atoms. The van der Waals surface area contributed by atoms with E-state index in [-0.39, 0.29) is 17.3 Å². The van der Waals surface area contributed by atoms with E-state index in [1.165, 1.54) is 23.5 Å². The molecule has 4 aromatic rings. The van der Waals surface area contributed by atoms with Crippen LogP contribution >= 0.6 is 11.3 Å². The van der Waals surface area contributed by atoms with Crippen LogP contribution in [0.1, 0.15) is 20.8 Å². The number of para-hydroxylation sites is 1. The smallest absolute Gasteiger partial charge is 0.251 e. The van der Waals surface area contributed by atoms with Crippen LogP contribution in [0.2, 0.25) is 0 Å². The van der Waals surface area contributed by atoms with Crippen molar-refractivity contribution in [1.82, 2.24) is 19.8 Å². The summed E-state index contributed by atoms with van der Waals surface area (Å²) in [4.78, 5) is 13.5. The first kappa shape index (κ1) is 21.9. The first-order valence-corrected chi connectivity index (χ1v) is 12.4. The van der Waals surface area contributed by atoms with E-state index in [4.69, 9.17) is 0 Å². The number of hydrogen-bond acceptors (Lipinski definition) is 5. The van der Waals surface area contributed by atoms with Gasteiger partial charge in [-0.1, -0.05) is 30.3 Å². The second kappa shape index (κ2) is 9.90. The Balaban J connectivity index is 1.33. The van der Waals surface area contributed by atoms with Crippen molar-refractivity contribution in [2.75, 3.05) is 6.54 Å². The van der Waals surface area contributed by atoms with Gasteiger partial charge in [-0.3, -0.25) is 4.79 Å². The van der Waals surface area contributed by atoms with Gasteiger partial charge >= 0.3 is 0 Å². The first-order chi connectivity index (χ1) is 15.5. The maximum atomic E-state index is 12.6. The lowest BCUT2D eigenvalue weighted by Crippen LogP contribution is -2.27. The summed E-state index contributed by atoms with van der Waals surface area (Å²) in [5.41, 5.74) is 2.25. The molecule has 0 saturated carbocycles. The number of benzene rings is 2. The van der Waals surface area contributed by atoms with Crippen molar-refractivity contribution < 1.29 is 13.2 Å². The van der Waals surface area contributed by atoms with Gasteiger partial charge in [-0.2, -0.15) is 5.10 Å². The molecular formula is C23H22N4O3S2. The van der Waals surface area contributed by atoms with Gasteiger partial charge in [0.1, 0.15) is 0 Å². The summed E-state index contributed by atoms with van der Waals surface area (Å²) in [5.74, 6) is -0.323. The number of hydrogen-bond donors (Lipinski definition) is 2. The Hall–Kier alpha value is -3.27. The molecule has 0 saturated heterocycles. The highest BCUT2D eigenvalue weighted by Crippen LogP contribution is 2.14. The largest absolute Gasteiger partial charge is 0.352 e. The summed E-state index contributed by atoms with van der Waals surface area (Å²) in [6.45, 7) is 0.625. The van der Waals surface area contributed by atoms with E-state index in [1.807, 2.05) is 54.0 Å². The highest BCUT2D eigenvalue weighted by Gasteiger charge is 2.16. The summed E-state index contributed by atoms with van der Waals surface area (Å²) >= 11 is 1.48. The number of amides is 1. The Bertz CT molecular complexity index is 1280. The van der Waals surface area contributed by atoms with Crippen LogP contribution < -0.4 is 10.0 Å². The molecule has 2 N–H and O–H groups in total. The van der Waals surface area contributed by atoms with Gasteiger partial charge in [0.2, 0.25) is 10.0 Å². The minimum Gasteiger partial charge on any atom is -0.352 e. The molecular weight excluding hydrogens is 444 g/mol. The molecule has 0 unspecified atom stereocenters. The topological polar surface area (TPSA) is 93.1 Å². The number of nitrogens with zero attached hydrogens (tertiary/aromatic N) is 2. The average Bonchev–Trinajstić information content (AvgIpc) is 3.51. The third kappa shape index (κ3) is 5.50. The summed E-state index contributed by atoms with van der Waals surface area (Å²) in [5, 5.41) is 9.08. The third-order valence-electron chi connectivity index (χ3n) is 4.78. The van der Waals surface area contributed by atoms with E-state index in [2.05, 4.69) is 15.1 Å².